The number of nitrogens with zero attached hydrogens (tertiary/aromatic N) is 3. The van der Waals surface area contributed by atoms with E-state index < -0.39 is 29.4 Å². The van der Waals surface area contributed by atoms with Crippen LogP contribution in [-0.2, 0) is 20.8 Å². The molecule has 1 N–H and O–H groups in total. The highest BCUT2D eigenvalue weighted by Gasteiger charge is 2.37. The number of aromatic nitrogens is 3. The van der Waals surface area contributed by atoms with Crippen molar-refractivity contribution >= 4 is 27.5 Å². The third-order valence-corrected chi connectivity index (χ3v) is 9.36. The van der Waals surface area contributed by atoms with Gasteiger partial charge in [0, 0.05) is 5.56 Å². The molecular weight excluding hydrogens is 550 g/mol. The molecule has 0 spiro atoms. The van der Waals surface area contributed by atoms with Crippen LogP contribution in [0.15, 0.2) is 50.7 Å². The number of oxazole rings is 1. The molecule has 0 unspecified atom stereocenters. The van der Waals surface area contributed by atoms with Crippen LogP contribution in [0.4, 0.5) is 0 Å². The Morgan fingerprint density at radius 2 is 1.95 bits per heavy atom. The van der Waals surface area contributed by atoms with Crippen LogP contribution in [0.25, 0.3) is 21.0 Å². The predicted octanol–water partition coefficient (Wildman–Crippen LogP) is 4.31. The number of methoxy groups -OCH3 is 1. The fraction of sp³-hybridized carbons (Fsp3) is 0.448. The number of rotatable bonds is 9. The van der Waals surface area contributed by atoms with Crippen LogP contribution in [0.5, 0.6) is 5.75 Å². The summed E-state index contributed by atoms with van der Waals surface area (Å²) in [6.07, 6.45) is 5.99. The Bertz CT molecular complexity index is 1690. The number of carboxylic acid groups (broad SMARTS) is 1. The van der Waals surface area contributed by atoms with Gasteiger partial charge in [0.2, 0.25) is 5.89 Å². The van der Waals surface area contributed by atoms with E-state index in [1.165, 1.54) is 35.3 Å². The van der Waals surface area contributed by atoms with Crippen LogP contribution in [0.2, 0.25) is 0 Å². The Morgan fingerprint density at radius 1 is 1.22 bits per heavy atom. The minimum absolute atomic E-state index is 0.0278. The summed E-state index contributed by atoms with van der Waals surface area (Å²) in [5, 5.41) is 10.0. The Balaban J connectivity index is 1.53. The molecule has 12 heteroatoms. The molecule has 5 heterocycles. The van der Waals surface area contributed by atoms with E-state index in [-0.39, 0.29) is 30.2 Å². The summed E-state index contributed by atoms with van der Waals surface area (Å²) in [6.45, 7) is 3.10. The molecule has 4 atom stereocenters. The smallest absolute Gasteiger partial charge is 0.333 e. The van der Waals surface area contributed by atoms with Gasteiger partial charge in [0.1, 0.15) is 29.0 Å². The molecule has 0 aliphatic carbocycles. The van der Waals surface area contributed by atoms with Crippen LogP contribution in [0.3, 0.4) is 0 Å². The lowest BCUT2D eigenvalue weighted by Crippen LogP contribution is -2.44. The standard InChI is InChI=1S/C29H31N3O8S/c1-15-23-26(33)32(16(2)28(34)35)29(36)31(27(23)41-24(15)25-30-10-11-38-25)14-22(20-6-4-5-7-21(20)37-3)40-19-12-17-8-9-18(13-19)39-17/h4-7,10-11,16-19,22H,8-9,12-14H2,1-3H3,(H,34,35)/t16-,17-,18-,22+/m1/s1. The second kappa shape index (κ2) is 10.9. The molecule has 216 valence electrons. The molecule has 1 aromatic carbocycles. The molecule has 2 aliphatic heterocycles. The topological polar surface area (TPSA) is 135 Å². The molecule has 2 aliphatic rings. The van der Waals surface area contributed by atoms with Crippen LogP contribution in [0.1, 0.15) is 55.9 Å². The summed E-state index contributed by atoms with van der Waals surface area (Å²) in [7, 11) is 1.58. The molecule has 4 aromatic rings. The first-order valence-corrected chi connectivity index (χ1v) is 14.4. The van der Waals surface area contributed by atoms with E-state index in [1.807, 2.05) is 24.3 Å². The minimum atomic E-state index is -1.38. The monoisotopic (exact) mass is 581 g/mol. The van der Waals surface area contributed by atoms with Crippen molar-refractivity contribution in [3.63, 3.8) is 0 Å². The quantitative estimate of drug-likeness (QED) is 0.307. The maximum absolute atomic E-state index is 14.0. The Hall–Kier alpha value is -3.74. The van der Waals surface area contributed by atoms with E-state index in [9.17, 15) is 19.5 Å². The van der Waals surface area contributed by atoms with E-state index in [4.69, 9.17) is 18.6 Å². The normalized spacial score (nSPS) is 21.7. The molecule has 2 bridgehead atoms. The molecule has 3 aromatic heterocycles. The summed E-state index contributed by atoms with van der Waals surface area (Å²) < 4.78 is 26.2. The van der Waals surface area contributed by atoms with Crippen molar-refractivity contribution in [2.75, 3.05) is 7.11 Å². The van der Waals surface area contributed by atoms with Gasteiger partial charge in [-0.3, -0.25) is 9.36 Å². The highest BCUT2D eigenvalue weighted by molar-refractivity contribution is 7.22. The minimum Gasteiger partial charge on any atom is -0.496 e. The maximum Gasteiger partial charge on any atom is 0.333 e. The molecule has 41 heavy (non-hydrogen) atoms. The summed E-state index contributed by atoms with van der Waals surface area (Å²) in [4.78, 5) is 44.9. The van der Waals surface area contributed by atoms with E-state index >= 15 is 0 Å². The fourth-order valence-electron chi connectivity index (χ4n) is 5.98. The van der Waals surface area contributed by atoms with Gasteiger partial charge in [0.25, 0.3) is 5.56 Å². The molecule has 0 saturated carbocycles. The number of hydrogen-bond donors (Lipinski definition) is 1. The molecule has 0 amide bonds. The zero-order chi connectivity index (χ0) is 28.8. The van der Waals surface area contributed by atoms with Gasteiger partial charge in [0.15, 0.2) is 0 Å². The molecule has 2 fully saturated rings. The molecular formula is C29H31N3O8S. The number of carboxylic acids is 1. The summed E-state index contributed by atoms with van der Waals surface area (Å²) in [6, 6.07) is 6.09. The van der Waals surface area contributed by atoms with E-state index in [2.05, 4.69) is 4.98 Å². The Morgan fingerprint density at radius 3 is 2.61 bits per heavy atom. The van der Waals surface area contributed by atoms with Crippen molar-refractivity contribution in [1.29, 1.82) is 0 Å². The van der Waals surface area contributed by atoms with Crippen molar-refractivity contribution < 1.29 is 28.5 Å². The van der Waals surface area contributed by atoms with Crippen LogP contribution in [-0.4, -0.2) is 50.6 Å². The first kappa shape index (κ1) is 27.4. The lowest BCUT2D eigenvalue weighted by molar-refractivity contribution is -0.140. The van der Waals surface area contributed by atoms with Crippen molar-refractivity contribution in [3.8, 4) is 16.5 Å². The number of para-hydroxylation sites is 1. The van der Waals surface area contributed by atoms with E-state index in [0.717, 1.165) is 35.8 Å². The van der Waals surface area contributed by atoms with Gasteiger partial charge in [-0.05, 0) is 51.2 Å². The number of hydrogen-bond acceptors (Lipinski definition) is 9. The zero-order valence-electron chi connectivity index (χ0n) is 22.9. The highest BCUT2D eigenvalue weighted by atomic mass is 32.1. The summed E-state index contributed by atoms with van der Waals surface area (Å²) in [5.41, 5.74) is -0.0842. The number of thiophene rings is 1. The number of fused-ring (bicyclic) bond motifs is 3. The van der Waals surface area contributed by atoms with Gasteiger partial charge in [-0.15, -0.1) is 11.3 Å². The fourth-order valence-corrected chi connectivity index (χ4v) is 7.22. The zero-order valence-corrected chi connectivity index (χ0v) is 23.8. The highest BCUT2D eigenvalue weighted by Crippen LogP contribution is 2.40. The second-order valence-electron chi connectivity index (χ2n) is 10.6. The van der Waals surface area contributed by atoms with Gasteiger partial charge in [-0.25, -0.2) is 19.1 Å². The van der Waals surface area contributed by atoms with E-state index in [1.54, 1.807) is 14.0 Å². The number of carbonyl (C=O) groups is 1. The Kier molecular flexibility index (Phi) is 7.30. The van der Waals surface area contributed by atoms with Gasteiger partial charge in [0.05, 0.1) is 48.4 Å². The lowest BCUT2D eigenvalue weighted by atomic mass is 10.0. The average Bonchev–Trinajstić information content (AvgIpc) is 3.69. The number of benzene rings is 1. The lowest BCUT2D eigenvalue weighted by Gasteiger charge is -2.32. The van der Waals surface area contributed by atoms with Gasteiger partial charge >= 0.3 is 11.7 Å². The van der Waals surface area contributed by atoms with E-state index in [0.29, 0.717) is 26.9 Å². The molecule has 11 nitrogen and oxygen atoms in total. The van der Waals surface area contributed by atoms with Crippen molar-refractivity contribution in [1.82, 2.24) is 14.1 Å². The van der Waals surface area contributed by atoms with Crippen molar-refractivity contribution in [3.05, 3.63) is 68.7 Å². The van der Waals surface area contributed by atoms with Gasteiger partial charge < -0.3 is 23.7 Å². The van der Waals surface area contributed by atoms with Crippen LogP contribution >= 0.6 is 11.3 Å². The van der Waals surface area contributed by atoms with Crippen LogP contribution < -0.4 is 16.0 Å². The first-order chi connectivity index (χ1) is 19.8. The SMILES string of the molecule is COc1ccccc1[C@H](Cn1c(=O)n([C@H](C)C(=O)O)c(=O)c2c(C)c(-c3ncco3)sc21)OC1C[C@H]2CC[C@H](C1)O2. The maximum atomic E-state index is 14.0. The van der Waals surface area contributed by atoms with Crippen molar-refractivity contribution in [2.24, 2.45) is 0 Å². The largest absolute Gasteiger partial charge is 0.496 e. The van der Waals surface area contributed by atoms with Gasteiger partial charge in [-0.1, -0.05) is 18.2 Å². The first-order valence-electron chi connectivity index (χ1n) is 13.6. The second-order valence-corrected chi connectivity index (χ2v) is 11.6. The summed E-state index contributed by atoms with van der Waals surface area (Å²) in [5.74, 6) is -0.367. The summed E-state index contributed by atoms with van der Waals surface area (Å²) >= 11 is 1.21. The third kappa shape index (κ3) is 4.89. The molecule has 6 rings (SSSR count). The Labute approximate surface area is 238 Å². The number of aryl methyl sites for hydroxylation is 1. The number of ether oxygens (including phenoxy) is 3. The van der Waals surface area contributed by atoms with Crippen molar-refractivity contribution in [2.45, 2.75) is 76.5 Å². The predicted molar refractivity (Wildman–Crippen MR) is 151 cm³/mol. The van der Waals surface area contributed by atoms with Gasteiger partial charge in [-0.2, -0.15) is 0 Å². The van der Waals surface area contributed by atoms with Crippen LogP contribution in [0, 0.1) is 6.92 Å². The number of aliphatic carboxylic acids is 1. The molecule has 2 saturated heterocycles. The third-order valence-electron chi connectivity index (χ3n) is 8.05. The molecule has 0 radical (unpaired) electrons. The average molecular weight is 582 g/mol.